The van der Waals surface area contributed by atoms with Gasteiger partial charge in [-0.05, 0) is 32.0 Å². The van der Waals surface area contributed by atoms with Crippen LogP contribution in [0.3, 0.4) is 0 Å². The summed E-state index contributed by atoms with van der Waals surface area (Å²) in [4.78, 5) is 0. The highest BCUT2D eigenvalue weighted by Crippen LogP contribution is 2.40. The Morgan fingerprint density at radius 3 is 2.10 bits per heavy atom. The maximum atomic E-state index is 9.47. The van der Waals surface area contributed by atoms with E-state index in [0.29, 0.717) is 6.61 Å². The van der Waals surface area contributed by atoms with Crippen LogP contribution in [0.1, 0.15) is 34.6 Å². The second-order valence-electron chi connectivity index (χ2n) is 8.03. The van der Waals surface area contributed by atoms with Crippen LogP contribution in [0.25, 0.3) is 0 Å². The van der Waals surface area contributed by atoms with Crippen LogP contribution < -0.4 is 0 Å². The number of fused-ring (bicyclic) bond motifs is 1. The van der Waals surface area contributed by atoms with Crippen LogP contribution in [0.5, 0.6) is 0 Å². The lowest BCUT2D eigenvalue weighted by atomic mass is 10.1. The summed E-state index contributed by atoms with van der Waals surface area (Å²) in [6, 6.07) is 0. The van der Waals surface area contributed by atoms with E-state index in [-0.39, 0.29) is 36.1 Å². The minimum atomic E-state index is -1.82. The van der Waals surface area contributed by atoms with Crippen molar-refractivity contribution in [2.24, 2.45) is 0 Å². The van der Waals surface area contributed by atoms with Gasteiger partial charge in [-0.2, -0.15) is 0 Å². The summed E-state index contributed by atoms with van der Waals surface area (Å²) in [7, 11) is -1.82. The molecule has 2 aliphatic rings. The molecule has 0 radical (unpaired) electrons. The van der Waals surface area contributed by atoms with Crippen LogP contribution in [0.2, 0.25) is 18.1 Å². The fraction of sp³-hybridized carbons (Fsp3) is 1.00. The molecular weight excluding hydrogens is 288 g/mol. The van der Waals surface area contributed by atoms with E-state index in [1.165, 1.54) is 0 Å². The fourth-order valence-electron chi connectivity index (χ4n) is 2.56. The summed E-state index contributed by atoms with van der Waals surface area (Å²) < 4.78 is 23.9. The Labute approximate surface area is 129 Å². The minimum absolute atomic E-state index is 0.0583. The molecule has 6 heteroatoms. The van der Waals surface area contributed by atoms with Crippen molar-refractivity contribution >= 4 is 8.32 Å². The zero-order valence-electron chi connectivity index (χ0n) is 14.3. The molecule has 1 N–H and O–H groups in total. The summed E-state index contributed by atoms with van der Waals surface area (Å²) >= 11 is 0. The molecule has 2 rings (SSSR count). The van der Waals surface area contributed by atoms with E-state index < -0.39 is 14.1 Å². The van der Waals surface area contributed by atoms with Crippen LogP contribution in [0, 0.1) is 0 Å². The van der Waals surface area contributed by atoms with Crippen LogP contribution in [0.15, 0.2) is 0 Å². The first kappa shape index (κ1) is 17.4. The van der Waals surface area contributed by atoms with E-state index in [1.54, 1.807) is 0 Å². The van der Waals surface area contributed by atoms with Gasteiger partial charge in [-0.1, -0.05) is 20.8 Å². The van der Waals surface area contributed by atoms with Gasteiger partial charge in [0.2, 0.25) is 0 Å². The number of hydrogen-bond acceptors (Lipinski definition) is 5. The quantitative estimate of drug-likeness (QED) is 0.806. The van der Waals surface area contributed by atoms with Crippen molar-refractivity contribution in [3.63, 3.8) is 0 Å². The summed E-state index contributed by atoms with van der Waals surface area (Å²) in [5.74, 6) is -0.623. The lowest BCUT2D eigenvalue weighted by Gasteiger charge is -2.37. The van der Waals surface area contributed by atoms with Gasteiger partial charge in [-0.3, -0.25) is 0 Å². The SMILES string of the molecule is CC1(C)O[C@@H]2[C@H](O1)[C@@H](CO[Si](C)(C)C(C)(C)C)O[C@H]2CO. The van der Waals surface area contributed by atoms with Gasteiger partial charge >= 0.3 is 0 Å². The van der Waals surface area contributed by atoms with Crippen molar-refractivity contribution in [1.82, 2.24) is 0 Å². The van der Waals surface area contributed by atoms with E-state index in [0.717, 1.165) is 0 Å². The fourth-order valence-corrected chi connectivity index (χ4v) is 3.57. The molecule has 0 aliphatic carbocycles. The number of ether oxygens (including phenoxy) is 3. The third kappa shape index (κ3) is 3.51. The Bertz CT molecular complexity index is 377. The van der Waals surface area contributed by atoms with E-state index in [1.807, 2.05) is 13.8 Å². The summed E-state index contributed by atoms with van der Waals surface area (Å²) in [5, 5.41) is 9.63. The highest BCUT2D eigenvalue weighted by atomic mass is 28.4. The summed E-state index contributed by atoms with van der Waals surface area (Å²) in [6.45, 7) is 15.3. The zero-order chi connectivity index (χ0) is 16.1. The predicted molar refractivity (Wildman–Crippen MR) is 82.7 cm³/mol. The molecule has 2 fully saturated rings. The Morgan fingerprint density at radius 2 is 1.62 bits per heavy atom. The summed E-state index contributed by atoms with van der Waals surface area (Å²) in [5.41, 5.74) is 0. The Morgan fingerprint density at radius 1 is 1.10 bits per heavy atom. The molecule has 0 aromatic rings. The van der Waals surface area contributed by atoms with Crippen molar-refractivity contribution in [2.75, 3.05) is 13.2 Å². The van der Waals surface area contributed by atoms with Crippen molar-refractivity contribution < 1.29 is 23.7 Å². The van der Waals surface area contributed by atoms with Gasteiger partial charge in [0.05, 0.1) is 13.2 Å². The molecule has 5 nitrogen and oxygen atoms in total. The van der Waals surface area contributed by atoms with Gasteiger partial charge in [0.15, 0.2) is 14.1 Å². The van der Waals surface area contributed by atoms with E-state index in [4.69, 9.17) is 18.6 Å². The molecule has 2 heterocycles. The molecule has 4 atom stereocenters. The number of hydrogen-bond donors (Lipinski definition) is 1. The maximum Gasteiger partial charge on any atom is 0.192 e. The topological polar surface area (TPSA) is 57.2 Å². The highest BCUT2D eigenvalue weighted by molar-refractivity contribution is 6.74. The molecule has 2 aliphatic heterocycles. The largest absolute Gasteiger partial charge is 0.414 e. The molecule has 0 bridgehead atoms. The second kappa shape index (κ2) is 5.58. The van der Waals surface area contributed by atoms with Crippen molar-refractivity contribution in [2.45, 2.75) is 83.0 Å². The minimum Gasteiger partial charge on any atom is -0.414 e. The Balaban J connectivity index is 2.01. The first-order valence-corrected chi connectivity index (χ1v) is 10.6. The number of aliphatic hydroxyl groups is 1. The van der Waals surface area contributed by atoms with Crippen LogP contribution in [0.4, 0.5) is 0 Å². The molecule has 0 spiro atoms. The van der Waals surface area contributed by atoms with Gasteiger partial charge in [0, 0.05) is 0 Å². The molecule has 0 saturated carbocycles. The second-order valence-corrected chi connectivity index (χ2v) is 12.8. The lowest BCUT2D eigenvalue weighted by molar-refractivity contribution is -0.192. The van der Waals surface area contributed by atoms with Gasteiger partial charge in [0.1, 0.15) is 24.4 Å². The smallest absolute Gasteiger partial charge is 0.192 e. The van der Waals surface area contributed by atoms with Crippen molar-refractivity contribution in [1.29, 1.82) is 0 Å². The molecule has 0 amide bonds. The predicted octanol–water partition coefficient (Wildman–Crippen LogP) is 2.29. The zero-order valence-corrected chi connectivity index (χ0v) is 15.3. The van der Waals surface area contributed by atoms with E-state index in [9.17, 15) is 5.11 Å². The third-order valence-electron chi connectivity index (χ3n) is 4.84. The first-order chi connectivity index (χ1) is 9.47. The van der Waals surface area contributed by atoms with Crippen LogP contribution in [-0.2, 0) is 18.6 Å². The Kier molecular flexibility index (Phi) is 4.62. The highest BCUT2D eigenvalue weighted by Gasteiger charge is 2.55. The lowest BCUT2D eigenvalue weighted by Crippen LogP contribution is -2.44. The van der Waals surface area contributed by atoms with Crippen LogP contribution in [-0.4, -0.2) is 56.8 Å². The van der Waals surface area contributed by atoms with Crippen molar-refractivity contribution in [3.05, 3.63) is 0 Å². The third-order valence-corrected chi connectivity index (χ3v) is 9.34. The van der Waals surface area contributed by atoms with E-state index >= 15 is 0 Å². The van der Waals surface area contributed by atoms with Crippen molar-refractivity contribution in [3.8, 4) is 0 Å². The summed E-state index contributed by atoms with van der Waals surface area (Å²) in [6.07, 6.45) is -0.882. The monoisotopic (exact) mass is 318 g/mol. The molecule has 21 heavy (non-hydrogen) atoms. The molecule has 0 aromatic carbocycles. The molecule has 0 unspecified atom stereocenters. The first-order valence-electron chi connectivity index (χ1n) is 7.73. The standard InChI is InChI=1S/C15H30O5Si/c1-14(2,3)21(6,7)17-9-11-13-12(10(8-16)18-11)19-15(4,5)20-13/h10-13,16H,8-9H2,1-7H3/t10-,11+,12-,13+/m0/s1. The Hall–Kier alpha value is 0.0169. The van der Waals surface area contributed by atoms with Gasteiger partial charge in [-0.25, -0.2) is 0 Å². The molecule has 0 aromatic heterocycles. The number of aliphatic hydroxyl groups excluding tert-OH is 1. The maximum absolute atomic E-state index is 9.47. The normalized spacial score (nSPS) is 36.0. The van der Waals surface area contributed by atoms with Crippen LogP contribution >= 0.6 is 0 Å². The molecule has 2 saturated heterocycles. The molecule has 124 valence electrons. The average Bonchev–Trinajstić information content (AvgIpc) is 2.78. The van der Waals surface area contributed by atoms with E-state index in [2.05, 4.69) is 33.9 Å². The average molecular weight is 318 g/mol. The van der Waals surface area contributed by atoms with Gasteiger partial charge < -0.3 is 23.7 Å². The van der Waals surface area contributed by atoms with Gasteiger partial charge in [0.25, 0.3) is 0 Å². The van der Waals surface area contributed by atoms with Gasteiger partial charge in [-0.15, -0.1) is 0 Å². The molecular formula is C15H30O5Si. The number of rotatable bonds is 4.